The zero-order valence-corrected chi connectivity index (χ0v) is 18.4. The van der Waals surface area contributed by atoms with Crippen molar-refractivity contribution in [1.82, 2.24) is 13.6 Å². The van der Waals surface area contributed by atoms with Crippen LogP contribution >= 0.6 is 11.7 Å². The van der Waals surface area contributed by atoms with Crippen molar-refractivity contribution in [2.24, 2.45) is 5.92 Å². The minimum absolute atomic E-state index is 0.118. The fourth-order valence-corrected chi connectivity index (χ4v) is 3.54. The molecule has 3 aromatic rings. The van der Waals surface area contributed by atoms with E-state index in [1.165, 1.54) is 17.0 Å². The number of aromatic hydroxyl groups is 3. The Morgan fingerprint density at radius 3 is 2.39 bits per heavy atom. The van der Waals surface area contributed by atoms with Gasteiger partial charge in [0.15, 0.2) is 28.9 Å². The van der Waals surface area contributed by atoms with Crippen LogP contribution in [-0.4, -0.2) is 49.0 Å². The van der Waals surface area contributed by atoms with Crippen LogP contribution in [0.1, 0.15) is 35.8 Å². The van der Waals surface area contributed by atoms with Gasteiger partial charge in [-0.3, -0.25) is 4.79 Å². The molecule has 0 bridgehead atoms. The number of phenolic OH excluding ortho intramolecular Hbond substituents is 3. The Labute approximate surface area is 184 Å². The van der Waals surface area contributed by atoms with Crippen LogP contribution in [0.4, 0.5) is 17.3 Å². The summed E-state index contributed by atoms with van der Waals surface area (Å²) in [5, 5.41) is 36.4. The van der Waals surface area contributed by atoms with E-state index in [4.69, 9.17) is 0 Å². The normalized spacial score (nSPS) is 11.9. The molecule has 9 nitrogen and oxygen atoms in total. The van der Waals surface area contributed by atoms with Gasteiger partial charge in [-0.1, -0.05) is 26.0 Å². The van der Waals surface area contributed by atoms with Crippen LogP contribution in [0.3, 0.4) is 0 Å². The van der Waals surface area contributed by atoms with Crippen molar-refractivity contribution in [1.29, 1.82) is 0 Å². The molecule has 10 heteroatoms. The Kier molecular flexibility index (Phi) is 6.50. The van der Waals surface area contributed by atoms with Crippen molar-refractivity contribution in [3.8, 4) is 17.2 Å². The summed E-state index contributed by atoms with van der Waals surface area (Å²) < 4.78 is 8.56. The molecule has 1 atom stereocenters. The van der Waals surface area contributed by atoms with Gasteiger partial charge < -0.3 is 30.9 Å². The SMILES string of the molecule is CC(C)[C@@H](Nc1nsnc1Nc1cccc(C(=O)N(C)C)c1O)c1ccc(O)c(O)c1. The fourth-order valence-electron chi connectivity index (χ4n) is 3.07. The number of para-hydroxylation sites is 1. The molecular weight excluding hydrogens is 418 g/mol. The zero-order chi connectivity index (χ0) is 22.7. The lowest BCUT2D eigenvalue weighted by Crippen LogP contribution is -2.21. The van der Waals surface area contributed by atoms with E-state index >= 15 is 0 Å². The van der Waals surface area contributed by atoms with Crippen LogP contribution in [0.5, 0.6) is 17.2 Å². The lowest BCUT2D eigenvalue weighted by molar-refractivity contribution is 0.0824. The van der Waals surface area contributed by atoms with Gasteiger partial charge in [-0.25, -0.2) is 0 Å². The van der Waals surface area contributed by atoms with Crippen molar-refractivity contribution in [3.05, 3.63) is 47.5 Å². The van der Waals surface area contributed by atoms with Crippen molar-refractivity contribution < 1.29 is 20.1 Å². The number of hydrogen-bond donors (Lipinski definition) is 5. The molecule has 5 N–H and O–H groups in total. The summed E-state index contributed by atoms with van der Waals surface area (Å²) in [5.74, 6) is 0.0850. The Bertz CT molecular complexity index is 1080. The molecule has 0 radical (unpaired) electrons. The number of benzene rings is 2. The van der Waals surface area contributed by atoms with Crippen molar-refractivity contribution in [2.75, 3.05) is 24.7 Å². The minimum Gasteiger partial charge on any atom is -0.505 e. The maximum Gasteiger partial charge on any atom is 0.257 e. The van der Waals surface area contributed by atoms with Crippen LogP contribution in [0.15, 0.2) is 36.4 Å². The van der Waals surface area contributed by atoms with E-state index in [2.05, 4.69) is 19.4 Å². The van der Waals surface area contributed by atoms with Gasteiger partial charge in [0.1, 0.15) is 0 Å². The molecule has 3 rings (SSSR count). The van der Waals surface area contributed by atoms with E-state index in [-0.39, 0.29) is 40.7 Å². The third kappa shape index (κ3) is 4.80. The average molecular weight is 444 g/mol. The molecule has 0 saturated heterocycles. The minimum atomic E-state index is -0.317. The topological polar surface area (TPSA) is 131 Å². The predicted octanol–water partition coefficient (Wildman–Crippen LogP) is 3.91. The van der Waals surface area contributed by atoms with E-state index in [9.17, 15) is 20.1 Å². The standard InChI is InChI=1S/C21H25N5O4S/c1-11(2)17(12-8-9-15(27)16(28)10-12)23-20-19(24-31-25-20)22-14-7-5-6-13(18(14)29)21(30)26(3)4/h5-11,17,27-29H,1-4H3,(H,22,24)(H,23,25)/t17-/m1/s1. The Morgan fingerprint density at radius 1 is 1.03 bits per heavy atom. The maximum absolute atomic E-state index is 12.3. The molecule has 0 aliphatic carbocycles. The highest BCUT2D eigenvalue weighted by Gasteiger charge is 2.22. The first-order valence-electron chi connectivity index (χ1n) is 9.60. The van der Waals surface area contributed by atoms with Crippen LogP contribution in [0.2, 0.25) is 0 Å². The lowest BCUT2D eigenvalue weighted by Gasteiger charge is -2.23. The van der Waals surface area contributed by atoms with Crippen LogP contribution in [0, 0.1) is 5.92 Å². The number of phenols is 3. The quantitative estimate of drug-likeness (QED) is 0.347. The van der Waals surface area contributed by atoms with Crippen LogP contribution < -0.4 is 10.6 Å². The molecule has 0 spiro atoms. The van der Waals surface area contributed by atoms with Crippen molar-refractivity contribution in [2.45, 2.75) is 19.9 Å². The first-order valence-corrected chi connectivity index (χ1v) is 10.3. The molecule has 0 unspecified atom stereocenters. The number of anilines is 3. The summed E-state index contributed by atoms with van der Waals surface area (Å²) in [7, 11) is 3.23. The highest BCUT2D eigenvalue weighted by Crippen LogP contribution is 2.36. The highest BCUT2D eigenvalue weighted by molar-refractivity contribution is 6.99. The smallest absolute Gasteiger partial charge is 0.257 e. The molecule has 164 valence electrons. The third-order valence-electron chi connectivity index (χ3n) is 4.73. The molecule has 0 fully saturated rings. The number of rotatable bonds is 7. The largest absolute Gasteiger partial charge is 0.505 e. The first kappa shape index (κ1) is 22.2. The summed E-state index contributed by atoms with van der Waals surface area (Å²) in [6.45, 7) is 4.02. The van der Waals surface area contributed by atoms with E-state index in [0.29, 0.717) is 17.3 Å². The van der Waals surface area contributed by atoms with Gasteiger partial charge in [0.05, 0.1) is 29.0 Å². The van der Waals surface area contributed by atoms with E-state index in [0.717, 1.165) is 17.3 Å². The number of carbonyl (C=O) groups is 1. The van der Waals surface area contributed by atoms with Crippen molar-refractivity contribution in [3.63, 3.8) is 0 Å². The van der Waals surface area contributed by atoms with Crippen LogP contribution in [0.25, 0.3) is 0 Å². The predicted molar refractivity (Wildman–Crippen MR) is 120 cm³/mol. The van der Waals surface area contributed by atoms with Gasteiger partial charge in [0, 0.05) is 14.1 Å². The summed E-state index contributed by atoms with van der Waals surface area (Å²) in [6, 6.07) is 9.29. The monoisotopic (exact) mass is 443 g/mol. The number of aromatic nitrogens is 2. The molecule has 1 amide bonds. The second-order valence-corrected chi connectivity index (χ2v) is 8.13. The summed E-state index contributed by atoms with van der Waals surface area (Å²) in [4.78, 5) is 13.7. The Morgan fingerprint density at radius 2 is 1.74 bits per heavy atom. The molecule has 2 aromatic carbocycles. The fraction of sp³-hybridized carbons (Fsp3) is 0.286. The lowest BCUT2D eigenvalue weighted by atomic mass is 9.95. The van der Waals surface area contributed by atoms with Gasteiger partial charge in [-0.15, -0.1) is 0 Å². The number of carbonyl (C=O) groups excluding carboxylic acids is 1. The first-order chi connectivity index (χ1) is 14.7. The summed E-state index contributed by atoms with van der Waals surface area (Å²) >= 11 is 0.990. The van der Waals surface area contributed by atoms with Gasteiger partial charge in [0.2, 0.25) is 0 Å². The second-order valence-electron chi connectivity index (χ2n) is 7.60. The van der Waals surface area contributed by atoms with Gasteiger partial charge in [0.25, 0.3) is 5.91 Å². The number of nitrogens with zero attached hydrogens (tertiary/aromatic N) is 3. The molecule has 0 aliphatic heterocycles. The van der Waals surface area contributed by atoms with E-state index in [1.807, 2.05) is 13.8 Å². The molecule has 1 aromatic heterocycles. The molecule has 31 heavy (non-hydrogen) atoms. The average Bonchev–Trinajstić information content (AvgIpc) is 3.16. The van der Waals surface area contributed by atoms with E-state index in [1.54, 1.807) is 38.4 Å². The maximum atomic E-state index is 12.3. The molecular formula is C21H25N5O4S. The second kappa shape index (κ2) is 9.09. The van der Waals surface area contributed by atoms with Gasteiger partial charge >= 0.3 is 0 Å². The number of hydrogen-bond acceptors (Lipinski definition) is 9. The summed E-state index contributed by atoms with van der Waals surface area (Å²) in [6.07, 6.45) is 0. The Hall–Kier alpha value is -3.53. The van der Waals surface area contributed by atoms with Gasteiger partial charge in [-0.05, 0) is 35.7 Å². The molecule has 0 saturated carbocycles. The highest BCUT2D eigenvalue weighted by atomic mass is 32.1. The number of amides is 1. The Balaban J connectivity index is 1.88. The summed E-state index contributed by atoms with van der Waals surface area (Å²) in [5.41, 5.74) is 1.27. The zero-order valence-electron chi connectivity index (χ0n) is 17.6. The van der Waals surface area contributed by atoms with Gasteiger partial charge in [-0.2, -0.15) is 8.75 Å². The number of nitrogens with one attached hydrogen (secondary N) is 2. The molecule has 0 aliphatic rings. The molecule has 1 heterocycles. The van der Waals surface area contributed by atoms with Crippen molar-refractivity contribution >= 4 is 35.0 Å². The van der Waals surface area contributed by atoms with Crippen LogP contribution in [-0.2, 0) is 0 Å². The van der Waals surface area contributed by atoms with E-state index < -0.39 is 0 Å². The third-order valence-corrected chi connectivity index (χ3v) is 5.26.